The van der Waals surface area contributed by atoms with Crippen molar-refractivity contribution in [2.75, 3.05) is 0 Å². The second kappa shape index (κ2) is 10.4. The molecule has 0 aliphatic heterocycles. The van der Waals surface area contributed by atoms with E-state index in [2.05, 4.69) is 34.6 Å². The molecule has 0 atom stereocenters. The van der Waals surface area contributed by atoms with E-state index in [1.807, 2.05) is 67.8 Å². The minimum atomic E-state index is -0.699. The molecule has 2 aromatic carbocycles. The maximum absolute atomic E-state index is 12.7. The average molecular weight is 510 g/mol. The fraction of sp³-hybridized carbons (Fsp3) is 0.344. The molecule has 1 aliphatic rings. The zero-order valence-corrected chi connectivity index (χ0v) is 22.3. The molecular weight excluding hydrogens is 474 g/mol. The van der Waals surface area contributed by atoms with E-state index in [1.54, 1.807) is 6.20 Å². The van der Waals surface area contributed by atoms with E-state index >= 15 is 0 Å². The highest BCUT2D eigenvalue weighted by molar-refractivity contribution is 5.92. The molecule has 0 spiro atoms. The van der Waals surface area contributed by atoms with E-state index < -0.39 is 11.4 Å². The number of carboxylic acids is 1. The third-order valence-corrected chi connectivity index (χ3v) is 8.27. The molecule has 6 heteroatoms. The van der Waals surface area contributed by atoms with Crippen LogP contribution in [-0.4, -0.2) is 26.4 Å². The summed E-state index contributed by atoms with van der Waals surface area (Å²) >= 11 is 0. The Morgan fingerprint density at radius 1 is 0.921 bits per heavy atom. The van der Waals surface area contributed by atoms with Crippen LogP contribution in [0, 0.1) is 18.3 Å². The summed E-state index contributed by atoms with van der Waals surface area (Å²) < 4.78 is 1.90. The number of nitrogens with zero attached hydrogens (tertiary/aromatic N) is 2. The number of imidazole rings is 1. The summed E-state index contributed by atoms with van der Waals surface area (Å²) in [5, 5.41) is 12.5. The third kappa shape index (κ3) is 5.35. The molecule has 1 aliphatic carbocycles. The van der Waals surface area contributed by atoms with Gasteiger partial charge in [0.25, 0.3) is 5.91 Å². The van der Waals surface area contributed by atoms with Gasteiger partial charge in [-0.1, -0.05) is 54.1 Å². The zero-order chi connectivity index (χ0) is 26.9. The summed E-state index contributed by atoms with van der Waals surface area (Å²) in [5.74, 6) is -0.189. The number of fused-ring (bicyclic) bond motifs is 1. The number of carbonyl (C=O) groups is 2. The number of rotatable bonds is 7. The molecule has 5 rings (SSSR count). The number of amides is 1. The van der Waals surface area contributed by atoms with E-state index in [9.17, 15) is 14.7 Å². The Morgan fingerprint density at radius 3 is 2.24 bits per heavy atom. The molecule has 2 aromatic heterocycles. The fourth-order valence-corrected chi connectivity index (χ4v) is 5.52. The Morgan fingerprint density at radius 2 is 1.58 bits per heavy atom. The van der Waals surface area contributed by atoms with Crippen LogP contribution >= 0.6 is 0 Å². The van der Waals surface area contributed by atoms with Gasteiger partial charge in [-0.25, -0.2) is 4.98 Å². The molecule has 38 heavy (non-hydrogen) atoms. The topological polar surface area (TPSA) is 83.7 Å². The largest absolute Gasteiger partial charge is 0.481 e. The lowest BCUT2D eigenvalue weighted by Crippen LogP contribution is -2.35. The first-order chi connectivity index (χ1) is 18.2. The highest BCUT2D eigenvalue weighted by Gasteiger charge is 2.38. The Hall–Kier alpha value is -3.93. The van der Waals surface area contributed by atoms with Gasteiger partial charge in [0.1, 0.15) is 11.3 Å². The van der Waals surface area contributed by atoms with Crippen molar-refractivity contribution in [1.29, 1.82) is 0 Å². The quantitative estimate of drug-likeness (QED) is 0.293. The summed E-state index contributed by atoms with van der Waals surface area (Å²) in [6.45, 7) is 6.21. The predicted molar refractivity (Wildman–Crippen MR) is 149 cm³/mol. The number of aryl methyl sites for hydroxylation is 1. The van der Waals surface area contributed by atoms with Crippen molar-refractivity contribution >= 4 is 17.5 Å². The maximum atomic E-state index is 12.7. The minimum absolute atomic E-state index is 0.193. The standard InChI is InChI=1S/C32H35N3O3/c1-21-4-6-22(7-5-21)18-33-30(36)28-20-35-19-26(14-17-29(35)34-28)25-10-8-23(9-11-25)24-12-15-27(16-13-24)32(2,3)31(37)38/h4-11,14,17,19-20,24,27H,12-13,15-16,18H2,1-3H3,(H,33,36)(H,37,38). The smallest absolute Gasteiger partial charge is 0.309 e. The van der Waals surface area contributed by atoms with Gasteiger partial charge in [-0.3, -0.25) is 9.59 Å². The second-order valence-corrected chi connectivity index (χ2v) is 11.2. The predicted octanol–water partition coefficient (Wildman–Crippen LogP) is 6.62. The van der Waals surface area contributed by atoms with Gasteiger partial charge >= 0.3 is 5.97 Å². The molecule has 1 saturated carbocycles. The van der Waals surface area contributed by atoms with Crippen molar-refractivity contribution in [2.24, 2.45) is 11.3 Å². The number of benzene rings is 2. The normalized spacial score (nSPS) is 17.9. The van der Waals surface area contributed by atoms with E-state index in [-0.39, 0.29) is 11.8 Å². The van der Waals surface area contributed by atoms with Gasteiger partial charge < -0.3 is 14.8 Å². The fourth-order valence-electron chi connectivity index (χ4n) is 5.52. The average Bonchev–Trinajstić information content (AvgIpc) is 3.36. The molecular formula is C32H35N3O3. The van der Waals surface area contributed by atoms with Gasteiger partial charge in [-0.2, -0.15) is 0 Å². The Labute approximate surface area is 223 Å². The van der Waals surface area contributed by atoms with Gasteiger partial charge in [-0.15, -0.1) is 0 Å². The lowest BCUT2D eigenvalue weighted by atomic mass is 9.68. The van der Waals surface area contributed by atoms with Crippen LogP contribution in [-0.2, 0) is 11.3 Å². The Bertz CT molecular complexity index is 1440. The van der Waals surface area contributed by atoms with Crippen molar-refractivity contribution in [3.63, 3.8) is 0 Å². The number of carboxylic acid groups (broad SMARTS) is 1. The summed E-state index contributed by atoms with van der Waals surface area (Å²) in [7, 11) is 0. The van der Waals surface area contributed by atoms with E-state index in [1.165, 1.54) is 11.1 Å². The number of nitrogens with one attached hydrogen (secondary N) is 1. The van der Waals surface area contributed by atoms with Crippen molar-refractivity contribution in [3.05, 3.63) is 95.4 Å². The maximum Gasteiger partial charge on any atom is 0.309 e. The van der Waals surface area contributed by atoms with Crippen molar-refractivity contribution in [3.8, 4) is 11.1 Å². The van der Waals surface area contributed by atoms with Crippen LogP contribution in [0.25, 0.3) is 16.8 Å². The van der Waals surface area contributed by atoms with E-state index in [0.717, 1.165) is 48.0 Å². The molecule has 0 radical (unpaired) electrons. The van der Waals surface area contributed by atoms with Crippen LogP contribution in [0.4, 0.5) is 0 Å². The Balaban J connectivity index is 1.23. The third-order valence-electron chi connectivity index (χ3n) is 8.27. The first kappa shape index (κ1) is 25.7. The molecule has 0 saturated heterocycles. The van der Waals surface area contributed by atoms with Gasteiger partial charge in [0.05, 0.1) is 5.41 Å². The van der Waals surface area contributed by atoms with Crippen LogP contribution in [0.5, 0.6) is 0 Å². The van der Waals surface area contributed by atoms with Crippen LogP contribution in [0.3, 0.4) is 0 Å². The van der Waals surface area contributed by atoms with Crippen LogP contribution in [0.15, 0.2) is 73.1 Å². The molecule has 1 fully saturated rings. The number of pyridine rings is 1. The second-order valence-electron chi connectivity index (χ2n) is 11.2. The molecule has 2 N–H and O–H groups in total. The molecule has 2 heterocycles. The summed E-state index contributed by atoms with van der Waals surface area (Å²) in [6.07, 6.45) is 7.73. The number of carbonyl (C=O) groups excluding carboxylic acids is 1. The molecule has 0 bridgehead atoms. The van der Waals surface area contributed by atoms with Gasteiger partial charge in [0.2, 0.25) is 0 Å². The van der Waals surface area contributed by atoms with Crippen LogP contribution < -0.4 is 5.32 Å². The Kier molecular flexibility index (Phi) is 7.06. The molecule has 0 unspecified atom stereocenters. The van der Waals surface area contributed by atoms with Crippen LogP contribution in [0.1, 0.15) is 72.6 Å². The molecule has 196 valence electrons. The summed E-state index contributed by atoms with van der Waals surface area (Å²) in [6, 6.07) is 20.8. The highest BCUT2D eigenvalue weighted by atomic mass is 16.4. The first-order valence-electron chi connectivity index (χ1n) is 13.4. The van der Waals surface area contributed by atoms with Crippen molar-refractivity contribution < 1.29 is 14.7 Å². The minimum Gasteiger partial charge on any atom is -0.481 e. The molecule has 1 amide bonds. The monoisotopic (exact) mass is 509 g/mol. The SMILES string of the molecule is Cc1ccc(CNC(=O)c2cn3cc(-c4ccc(C5CCC(C(C)(C)C(=O)O)CC5)cc4)ccc3n2)cc1. The molecule has 4 aromatic rings. The van der Waals surface area contributed by atoms with Gasteiger partial charge in [-0.05, 0) is 92.7 Å². The summed E-state index contributed by atoms with van der Waals surface area (Å²) in [5.41, 5.74) is 6.18. The van der Waals surface area contributed by atoms with Gasteiger partial charge in [0, 0.05) is 18.9 Å². The lowest BCUT2D eigenvalue weighted by Gasteiger charge is -2.36. The lowest BCUT2D eigenvalue weighted by molar-refractivity contribution is -0.150. The number of hydrogen-bond donors (Lipinski definition) is 2. The number of aromatic nitrogens is 2. The molecule has 6 nitrogen and oxygen atoms in total. The van der Waals surface area contributed by atoms with E-state index in [4.69, 9.17) is 0 Å². The number of hydrogen-bond acceptors (Lipinski definition) is 3. The summed E-state index contributed by atoms with van der Waals surface area (Å²) in [4.78, 5) is 28.8. The van der Waals surface area contributed by atoms with Crippen molar-refractivity contribution in [1.82, 2.24) is 14.7 Å². The van der Waals surface area contributed by atoms with Gasteiger partial charge in [0.15, 0.2) is 0 Å². The first-order valence-corrected chi connectivity index (χ1v) is 13.4. The van der Waals surface area contributed by atoms with E-state index in [0.29, 0.717) is 18.2 Å². The van der Waals surface area contributed by atoms with Crippen LogP contribution in [0.2, 0.25) is 0 Å². The number of aliphatic carboxylic acids is 1. The zero-order valence-electron chi connectivity index (χ0n) is 22.3. The highest BCUT2D eigenvalue weighted by Crippen LogP contribution is 2.43. The van der Waals surface area contributed by atoms with Crippen molar-refractivity contribution in [2.45, 2.75) is 58.9 Å².